The SMILES string of the molecule is CC(=O)c1c(C#N)cc(N)cc1C(F)(F)F. The second-order valence-electron chi connectivity index (χ2n) is 3.16. The van der Waals surface area contributed by atoms with Crippen LogP contribution in [0, 0.1) is 11.3 Å². The van der Waals surface area contributed by atoms with Crippen molar-refractivity contribution in [1.82, 2.24) is 0 Å². The van der Waals surface area contributed by atoms with E-state index in [-0.39, 0.29) is 11.3 Å². The Balaban J connectivity index is 3.66. The van der Waals surface area contributed by atoms with Gasteiger partial charge in [0.2, 0.25) is 0 Å². The van der Waals surface area contributed by atoms with E-state index in [2.05, 4.69) is 0 Å². The molecule has 0 unspecified atom stereocenters. The molecule has 3 nitrogen and oxygen atoms in total. The summed E-state index contributed by atoms with van der Waals surface area (Å²) in [5.74, 6) is -0.816. The first-order chi connectivity index (χ1) is 7.27. The number of anilines is 1. The Morgan fingerprint density at radius 3 is 2.38 bits per heavy atom. The van der Waals surface area contributed by atoms with E-state index in [1.54, 1.807) is 0 Å². The third kappa shape index (κ3) is 2.14. The van der Waals surface area contributed by atoms with Gasteiger partial charge in [0.25, 0.3) is 0 Å². The van der Waals surface area contributed by atoms with Crippen molar-refractivity contribution in [2.75, 3.05) is 5.73 Å². The molecule has 0 radical (unpaired) electrons. The van der Waals surface area contributed by atoms with Crippen LogP contribution in [0.4, 0.5) is 18.9 Å². The van der Waals surface area contributed by atoms with Gasteiger partial charge in [-0.1, -0.05) is 0 Å². The molecule has 0 saturated carbocycles. The highest BCUT2D eigenvalue weighted by atomic mass is 19.4. The molecule has 84 valence electrons. The summed E-state index contributed by atoms with van der Waals surface area (Å²) in [6, 6.07) is 3.23. The maximum atomic E-state index is 12.6. The Kier molecular flexibility index (Phi) is 2.90. The molecule has 0 aromatic heterocycles. The van der Waals surface area contributed by atoms with E-state index in [0.29, 0.717) is 6.07 Å². The summed E-state index contributed by atoms with van der Waals surface area (Å²) >= 11 is 0. The summed E-state index contributed by atoms with van der Waals surface area (Å²) < 4.78 is 37.8. The van der Waals surface area contributed by atoms with E-state index in [9.17, 15) is 18.0 Å². The van der Waals surface area contributed by atoms with Gasteiger partial charge in [0.1, 0.15) is 0 Å². The number of alkyl halides is 3. The van der Waals surface area contributed by atoms with Crippen molar-refractivity contribution < 1.29 is 18.0 Å². The average molecular weight is 228 g/mol. The summed E-state index contributed by atoms with van der Waals surface area (Å²) in [6.07, 6.45) is -4.71. The van der Waals surface area contributed by atoms with Crippen LogP contribution < -0.4 is 5.73 Å². The molecule has 6 heteroatoms. The van der Waals surface area contributed by atoms with E-state index < -0.39 is 23.1 Å². The van der Waals surface area contributed by atoms with Crippen LogP contribution in [-0.2, 0) is 6.18 Å². The fraction of sp³-hybridized carbons (Fsp3) is 0.200. The second-order valence-corrected chi connectivity index (χ2v) is 3.16. The minimum absolute atomic E-state index is 0.200. The van der Waals surface area contributed by atoms with Gasteiger partial charge in [-0.15, -0.1) is 0 Å². The van der Waals surface area contributed by atoms with Crippen LogP contribution in [0.25, 0.3) is 0 Å². The molecule has 0 atom stereocenters. The number of nitrogens with zero attached hydrogens (tertiary/aromatic N) is 1. The van der Waals surface area contributed by atoms with Crippen LogP contribution in [0.1, 0.15) is 28.4 Å². The molecular weight excluding hydrogens is 221 g/mol. The smallest absolute Gasteiger partial charge is 0.399 e. The van der Waals surface area contributed by atoms with Crippen molar-refractivity contribution in [2.24, 2.45) is 0 Å². The number of nitrogens with two attached hydrogens (primary N) is 1. The standard InChI is InChI=1S/C10H7F3N2O/c1-5(16)9-6(4-14)2-7(15)3-8(9)10(11,12)13/h2-3H,15H2,1H3. The number of ketones is 1. The Hall–Kier alpha value is -2.03. The highest BCUT2D eigenvalue weighted by molar-refractivity contribution is 5.98. The Bertz CT molecular complexity index is 486. The Labute approximate surface area is 89.3 Å². The number of halogens is 3. The quantitative estimate of drug-likeness (QED) is 0.592. The number of hydrogen-bond donors (Lipinski definition) is 1. The van der Waals surface area contributed by atoms with Crippen LogP contribution >= 0.6 is 0 Å². The minimum Gasteiger partial charge on any atom is -0.399 e. The van der Waals surface area contributed by atoms with E-state index in [1.165, 1.54) is 6.07 Å². The molecule has 2 N–H and O–H groups in total. The van der Waals surface area contributed by atoms with Gasteiger partial charge in [-0.2, -0.15) is 18.4 Å². The van der Waals surface area contributed by atoms with Crippen LogP contribution in [0.15, 0.2) is 12.1 Å². The summed E-state index contributed by atoms with van der Waals surface area (Å²) in [6.45, 7) is 0.974. The lowest BCUT2D eigenvalue weighted by Gasteiger charge is -2.13. The number of carbonyl (C=O) groups is 1. The molecule has 0 bridgehead atoms. The van der Waals surface area contributed by atoms with E-state index >= 15 is 0 Å². The first-order valence-electron chi connectivity index (χ1n) is 4.19. The summed E-state index contributed by atoms with van der Waals surface area (Å²) in [7, 11) is 0. The lowest BCUT2D eigenvalue weighted by molar-refractivity contribution is -0.137. The zero-order valence-corrected chi connectivity index (χ0v) is 8.22. The number of Topliss-reactive ketones (excluding diaryl/α,β-unsaturated/α-hetero) is 1. The van der Waals surface area contributed by atoms with E-state index in [4.69, 9.17) is 11.0 Å². The predicted octanol–water partition coefficient (Wildman–Crippen LogP) is 2.36. The number of nitrogen functional groups attached to an aromatic ring is 1. The van der Waals surface area contributed by atoms with Gasteiger partial charge in [0.15, 0.2) is 5.78 Å². The second kappa shape index (κ2) is 3.85. The zero-order valence-electron chi connectivity index (χ0n) is 8.22. The van der Waals surface area contributed by atoms with Crippen molar-refractivity contribution in [1.29, 1.82) is 5.26 Å². The molecule has 0 aliphatic rings. The summed E-state index contributed by atoms with van der Waals surface area (Å²) in [5.41, 5.74) is 2.87. The zero-order chi connectivity index (χ0) is 12.5. The highest BCUT2D eigenvalue weighted by Crippen LogP contribution is 2.35. The molecule has 0 amide bonds. The maximum Gasteiger partial charge on any atom is 0.417 e. The number of rotatable bonds is 1. The largest absolute Gasteiger partial charge is 0.417 e. The van der Waals surface area contributed by atoms with Gasteiger partial charge < -0.3 is 5.73 Å². The molecule has 1 rings (SSSR count). The predicted molar refractivity (Wildman–Crippen MR) is 50.6 cm³/mol. The average Bonchev–Trinajstić information content (AvgIpc) is 2.14. The van der Waals surface area contributed by atoms with Gasteiger partial charge >= 0.3 is 6.18 Å². The van der Waals surface area contributed by atoms with Crippen molar-refractivity contribution in [3.05, 3.63) is 28.8 Å². The number of carbonyl (C=O) groups excluding carboxylic acids is 1. The molecule has 0 saturated heterocycles. The Morgan fingerprint density at radius 2 is 2.00 bits per heavy atom. The van der Waals surface area contributed by atoms with Gasteiger partial charge in [-0.3, -0.25) is 4.79 Å². The molecular formula is C10H7F3N2O. The number of benzene rings is 1. The summed E-state index contributed by atoms with van der Waals surface area (Å²) in [5, 5.41) is 8.66. The van der Waals surface area contributed by atoms with Gasteiger partial charge in [0.05, 0.1) is 17.2 Å². The summed E-state index contributed by atoms with van der Waals surface area (Å²) in [4.78, 5) is 11.1. The normalized spacial score (nSPS) is 10.9. The van der Waals surface area contributed by atoms with Crippen LogP contribution in [-0.4, -0.2) is 5.78 Å². The third-order valence-corrected chi connectivity index (χ3v) is 1.94. The van der Waals surface area contributed by atoms with E-state index in [1.807, 2.05) is 0 Å². The fourth-order valence-electron chi connectivity index (χ4n) is 1.36. The van der Waals surface area contributed by atoms with Gasteiger partial charge in [0, 0.05) is 11.3 Å². The molecule has 1 aromatic rings. The third-order valence-electron chi connectivity index (χ3n) is 1.94. The minimum atomic E-state index is -4.71. The Morgan fingerprint density at radius 1 is 1.44 bits per heavy atom. The van der Waals surface area contributed by atoms with Gasteiger partial charge in [-0.25, -0.2) is 0 Å². The molecule has 1 aromatic carbocycles. The van der Waals surface area contributed by atoms with Crippen LogP contribution in [0.3, 0.4) is 0 Å². The number of nitriles is 1. The molecule has 0 heterocycles. The highest BCUT2D eigenvalue weighted by Gasteiger charge is 2.36. The first kappa shape index (κ1) is 12.0. The first-order valence-corrected chi connectivity index (χ1v) is 4.19. The van der Waals surface area contributed by atoms with Crippen molar-refractivity contribution in [3.8, 4) is 6.07 Å². The van der Waals surface area contributed by atoms with Gasteiger partial charge in [-0.05, 0) is 19.1 Å². The van der Waals surface area contributed by atoms with E-state index in [0.717, 1.165) is 13.0 Å². The van der Waals surface area contributed by atoms with Crippen molar-refractivity contribution in [2.45, 2.75) is 13.1 Å². The van der Waals surface area contributed by atoms with Crippen LogP contribution in [0.2, 0.25) is 0 Å². The molecule has 0 aliphatic carbocycles. The molecule has 16 heavy (non-hydrogen) atoms. The van der Waals surface area contributed by atoms with Crippen LogP contribution in [0.5, 0.6) is 0 Å². The number of hydrogen-bond acceptors (Lipinski definition) is 3. The van der Waals surface area contributed by atoms with Crippen molar-refractivity contribution in [3.63, 3.8) is 0 Å². The van der Waals surface area contributed by atoms with Crippen molar-refractivity contribution >= 4 is 11.5 Å². The monoisotopic (exact) mass is 228 g/mol. The lowest BCUT2D eigenvalue weighted by atomic mass is 9.97. The molecule has 0 spiro atoms. The maximum absolute atomic E-state index is 12.6. The fourth-order valence-corrected chi connectivity index (χ4v) is 1.36. The molecule has 0 aliphatic heterocycles. The lowest BCUT2D eigenvalue weighted by Crippen LogP contribution is -2.14. The topological polar surface area (TPSA) is 66.9 Å². The molecule has 0 fully saturated rings.